The first-order chi connectivity index (χ1) is 11.6. The highest BCUT2D eigenvalue weighted by Crippen LogP contribution is 2.47. The predicted octanol–water partition coefficient (Wildman–Crippen LogP) is 1.94. The second-order valence-corrected chi connectivity index (χ2v) is 7.44. The Balaban J connectivity index is 1.72. The van der Waals surface area contributed by atoms with Crippen molar-refractivity contribution >= 4 is 11.9 Å². The second-order valence-electron chi connectivity index (χ2n) is 7.44. The zero-order valence-corrected chi connectivity index (χ0v) is 14.4. The number of nitrogens with one attached hydrogen (secondary N) is 2. The molecule has 3 atom stereocenters. The fraction of sp³-hybridized carbons (Fsp3) is 0.611. The maximum atomic E-state index is 6.16. The van der Waals surface area contributed by atoms with Gasteiger partial charge < -0.3 is 11.1 Å². The van der Waals surface area contributed by atoms with E-state index >= 15 is 0 Å². The number of hydrogen-bond donors (Lipinski definition) is 3. The SMILES string of the molecule is C[C@H](C1CC1)C1(c2cccnc2)N=C(N)NC(=N[C@H](C)C2CC2)N1. The van der Waals surface area contributed by atoms with Crippen LogP contribution in [0.15, 0.2) is 34.5 Å². The highest BCUT2D eigenvalue weighted by molar-refractivity contribution is 6.00. The zero-order valence-electron chi connectivity index (χ0n) is 14.4. The van der Waals surface area contributed by atoms with Gasteiger partial charge in [-0.2, -0.15) is 0 Å². The van der Waals surface area contributed by atoms with Gasteiger partial charge >= 0.3 is 0 Å². The van der Waals surface area contributed by atoms with Gasteiger partial charge in [-0.25, -0.2) is 9.98 Å². The van der Waals surface area contributed by atoms with E-state index in [0.717, 1.165) is 11.5 Å². The molecule has 1 aromatic heterocycles. The lowest BCUT2D eigenvalue weighted by Gasteiger charge is -2.41. The molecule has 2 fully saturated rings. The summed E-state index contributed by atoms with van der Waals surface area (Å²) in [5.41, 5.74) is 6.61. The van der Waals surface area contributed by atoms with Crippen LogP contribution in [0.1, 0.15) is 45.1 Å². The van der Waals surface area contributed by atoms with Crippen molar-refractivity contribution in [2.24, 2.45) is 33.5 Å². The average molecular weight is 326 g/mol. The topological polar surface area (TPSA) is 87.7 Å². The number of nitrogens with zero attached hydrogens (tertiary/aromatic N) is 3. The summed E-state index contributed by atoms with van der Waals surface area (Å²) < 4.78 is 0. The van der Waals surface area contributed by atoms with Gasteiger partial charge in [0, 0.05) is 23.9 Å². The molecule has 1 aliphatic heterocycles. The summed E-state index contributed by atoms with van der Waals surface area (Å²) in [6.45, 7) is 4.42. The van der Waals surface area contributed by atoms with Gasteiger partial charge in [0.2, 0.25) is 5.96 Å². The third-order valence-electron chi connectivity index (χ3n) is 5.58. The van der Waals surface area contributed by atoms with E-state index in [1.165, 1.54) is 25.7 Å². The van der Waals surface area contributed by atoms with Crippen molar-refractivity contribution in [3.63, 3.8) is 0 Å². The van der Waals surface area contributed by atoms with Crippen molar-refractivity contribution in [2.45, 2.75) is 51.2 Å². The molecule has 0 aromatic carbocycles. The van der Waals surface area contributed by atoms with E-state index < -0.39 is 5.66 Å². The van der Waals surface area contributed by atoms with E-state index in [9.17, 15) is 0 Å². The Morgan fingerprint density at radius 3 is 2.62 bits per heavy atom. The number of aliphatic imine (C=N–C) groups is 2. The normalized spacial score (nSPS) is 30.9. The molecule has 1 unspecified atom stereocenters. The van der Waals surface area contributed by atoms with Crippen LogP contribution in [-0.4, -0.2) is 22.9 Å². The molecule has 24 heavy (non-hydrogen) atoms. The van der Waals surface area contributed by atoms with Crippen LogP contribution in [0.5, 0.6) is 0 Å². The molecule has 0 bridgehead atoms. The lowest BCUT2D eigenvalue weighted by atomic mass is 9.84. The average Bonchev–Trinajstić information content (AvgIpc) is 3.47. The van der Waals surface area contributed by atoms with Crippen LogP contribution in [-0.2, 0) is 5.66 Å². The zero-order chi connectivity index (χ0) is 16.7. The lowest BCUT2D eigenvalue weighted by molar-refractivity contribution is 0.236. The molecule has 0 amide bonds. The first-order valence-electron chi connectivity index (χ1n) is 8.97. The summed E-state index contributed by atoms with van der Waals surface area (Å²) >= 11 is 0. The lowest BCUT2D eigenvalue weighted by Crippen LogP contribution is -2.61. The quantitative estimate of drug-likeness (QED) is 0.771. The van der Waals surface area contributed by atoms with Crippen LogP contribution in [0, 0.1) is 17.8 Å². The van der Waals surface area contributed by atoms with Crippen LogP contribution < -0.4 is 16.4 Å². The Kier molecular flexibility index (Phi) is 3.70. The van der Waals surface area contributed by atoms with E-state index in [-0.39, 0.29) is 0 Å². The molecule has 2 aliphatic carbocycles. The molecule has 0 spiro atoms. The Bertz CT molecular complexity index is 661. The molecule has 6 heteroatoms. The fourth-order valence-corrected chi connectivity index (χ4v) is 3.67. The summed E-state index contributed by atoms with van der Waals surface area (Å²) in [7, 11) is 0. The number of pyridine rings is 1. The van der Waals surface area contributed by atoms with Crippen molar-refractivity contribution < 1.29 is 0 Å². The first-order valence-corrected chi connectivity index (χ1v) is 8.97. The molecule has 3 aliphatic rings. The van der Waals surface area contributed by atoms with E-state index in [1.807, 2.05) is 12.3 Å². The molecule has 0 saturated heterocycles. The number of guanidine groups is 2. The summed E-state index contributed by atoms with van der Waals surface area (Å²) in [4.78, 5) is 14.0. The van der Waals surface area contributed by atoms with Gasteiger partial charge in [0.25, 0.3) is 0 Å². The minimum absolute atomic E-state index is 0.300. The minimum Gasteiger partial charge on any atom is -0.370 e. The van der Waals surface area contributed by atoms with E-state index in [4.69, 9.17) is 15.7 Å². The number of rotatable bonds is 5. The third kappa shape index (κ3) is 2.85. The van der Waals surface area contributed by atoms with Gasteiger partial charge in [0.1, 0.15) is 0 Å². The molecule has 128 valence electrons. The molecule has 2 saturated carbocycles. The number of aromatic nitrogens is 1. The number of nitrogens with two attached hydrogens (primary N) is 1. The largest absolute Gasteiger partial charge is 0.370 e. The van der Waals surface area contributed by atoms with Gasteiger partial charge in [-0.15, -0.1) is 0 Å². The first kappa shape index (κ1) is 15.4. The molecular formula is C18H26N6. The smallest absolute Gasteiger partial charge is 0.200 e. The summed E-state index contributed by atoms with van der Waals surface area (Å²) in [6, 6.07) is 4.33. The monoisotopic (exact) mass is 326 g/mol. The van der Waals surface area contributed by atoms with Gasteiger partial charge in [-0.05, 0) is 50.5 Å². The summed E-state index contributed by atoms with van der Waals surface area (Å²) in [5, 5.41) is 6.69. The van der Waals surface area contributed by atoms with Gasteiger partial charge in [0.15, 0.2) is 11.6 Å². The second kappa shape index (κ2) is 5.76. The van der Waals surface area contributed by atoms with Crippen LogP contribution >= 0.6 is 0 Å². The van der Waals surface area contributed by atoms with E-state index in [1.54, 1.807) is 6.20 Å². The number of hydrogen-bond acceptors (Lipinski definition) is 4. The molecule has 1 aromatic rings. The maximum absolute atomic E-state index is 6.16. The van der Waals surface area contributed by atoms with Crippen molar-refractivity contribution in [3.8, 4) is 0 Å². The summed E-state index contributed by atoms with van der Waals surface area (Å²) in [6.07, 6.45) is 8.71. The Labute approximate surface area is 143 Å². The van der Waals surface area contributed by atoms with Crippen LogP contribution in [0.2, 0.25) is 0 Å². The van der Waals surface area contributed by atoms with Crippen molar-refractivity contribution in [1.82, 2.24) is 15.6 Å². The molecule has 0 radical (unpaired) electrons. The minimum atomic E-state index is -0.590. The standard InChI is InChI=1S/C18H26N6/c1-11(13-5-6-13)18(15-4-3-9-20-10-15)23-16(19)22-17(24-18)21-12(2)14-7-8-14/h3-4,9-14H,5-8H2,1-2H3,(H4,19,21,22,23,24)/t11-,12-,18?/m1/s1. The molecule has 4 rings (SSSR count). The van der Waals surface area contributed by atoms with Crippen LogP contribution in [0.4, 0.5) is 0 Å². The van der Waals surface area contributed by atoms with Crippen molar-refractivity contribution in [2.75, 3.05) is 0 Å². The van der Waals surface area contributed by atoms with Crippen LogP contribution in [0.3, 0.4) is 0 Å². The maximum Gasteiger partial charge on any atom is 0.200 e. The predicted molar refractivity (Wildman–Crippen MR) is 95.3 cm³/mol. The Morgan fingerprint density at radius 2 is 2.00 bits per heavy atom. The Morgan fingerprint density at radius 1 is 1.25 bits per heavy atom. The highest BCUT2D eigenvalue weighted by Gasteiger charge is 2.48. The molecular weight excluding hydrogens is 300 g/mol. The Hall–Kier alpha value is -2.11. The van der Waals surface area contributed by atoms with Gasteiger partial charge in [0.05, 0.1) is 6.04 Å². The molecule has 2 heterocycles. The van der Waals surface area contributed by atoms with Crippen molar-refractivity contribution in [3.05, 3.63) is 30.1 Å². The molecule has 6 nitrogen and oxygen atoms in total. The molecule has 4 N–H and O–H groups in total. The van der Waals surface area contributed by atoms with Crippen LogP contribution in [0.25, 0.3) is 0 Å². The van der Waals surface area contributed by atoms with Crippen molar-refractivity contribution in [1.29, 1.82) is 0 Å². The third-order valence-corrected chi connectivity index (χ3v) is 5.58. The fourth-order valence-electron chi connectivity index (χ4n) is 3.67. The van der Waals surface area contributed by atoms with Gasteiger partial charge in [-0.3, -0.25) is 10.3 Å². The summed E-state index contributed by atoms with van der Waals surface area (Å²) in [5.74, 6) is 2.85. The van der Waals surface area contributed by atoms with E-state index in [2.05, 4.69) is 35.5 Å². The van der Waals surface area contributed by atoms with E-state index in [0.29, 0.717) is 29.8 Å². The highest BCUT2D eigenvalue weighted by atomic mass is 15.4. The van der Waals surface area contributed by atoms with Gasteiger partial charge in [-0.1, -0.05) is 13.0 Å².